The third-order valence-electron chi connectivity index (χ3n) is 3.12. The van der Waals surface area contributed by atoms with E-state index in [1.807, 2.05) is 6.07 Å². The van der Waals surface area contributed by atoms with Gasteiger partial charge >= 0.3 is 11.9 Å². The number of carboxylic acid groups (broad SMARTS) is 2. The predicted octanol–water partition coefficient (Wildman–Crippen LogP) is 3.73. The molecule has 0 spiro atoms. The van der Waals surface area contributed by atoms with Crippen molar-refractivity contribution < 1.29 is 19.8 Å². The number of carboxylic acids is 2. The fourth-order valence-electron chi connectivity index (χ4n) is 2.03. The lowest BCUT2D eigenvalue weighted by atomic mass is 10.1. The lowest BCUT2D eigenvalue weighted by molar-refractivity contribution is -0.138. The second-order valence-corrected chi connectivity index (χ2v) is 6.18. The summed E-state index contributed by atoms with van der Waals surface area (Å²) in [7, 11) is 0. The van der Waals surface area contributed by atoms with Crippen molar-refractivity contribution in [2.45, 2.75) is 57.8 Å². The van der Waals surface area contributed by atoms with E-state index in [1.54, 1.807) is 11.3 Å². The van der Waals surface area contributed by atoms with Crippen molar-refractivity contribution >= 4 is 23.3 Å². The summed E-state index contributed by atoms with van der Waals surface area (Å²) in [5.41, 5.74) is 0. The molecule has 20 heavy (non-hydrogen) atoms. The van der Waals surface area contributed by atoms with Crippen molar-refractivity contribution in [1.29, 1.82) is 0 Å². The monoisotopic (exact) mass is 298 g/mol. The Morgan fingerprint density at radius 2 is 1.35 bits per heavy atom. The lowest BCUT2D eigenvalue weighted by Gasteiger charge is -1.99. The van der Waals surface area contributed by atoms with Gasteiger partial charge < -0.3 is 10.2 Å². The van der Waals surface area contributed by atoms with Gasteiger partial charge in [-0.05, 0) is 37.8 Å². The predicted molar refractivity (Wildman–Crippen MR) is 79.3 cm³/mol. The van der Waals surface area contributed by atoms with Gasteiger partial charge in [0.25, 0.3) is 0 Å². The third-order valence-corrected chi connectivity index (χ3v) is 4.32. The van der Waals surface area contributed by atoms with E-state index in [-0.39, 0.29) is 12.8 Å². The average molecular weight is 298 g/mol. The molecule has 0 aliphatic rings. The molecule has 1 aromatic heterocycles. The molecule has 5 heteroatoms. The van der Waals surface area contributed by atoms with Crippen molar-refractivity contribution in [2.24, 2.45) is 0 Å². The number of rotatable bonds is 11. The molecule has 1 heterocycles. The third kappa shape index (κ3) is 7.94. The SMILES string of the molecule is O=C(O)CCCCCCCc1ccc(CCC(=O)O)s1. The van der Waals surface area contributed by atoms with Crippen molar-refractivity contribution in [2.75, 3.05) is 0 Å². The average Bonchev–Trinajstić information content (AvgIpc) is 2.83. The first kappa shape index (κ1) is 16.7. The van der Waals surface area contributed by atoms with Crippen LogP contribution in [0.15, 0.2) is 12.1 Å². The summed E-state index contributed by atoms with van der Waals surface area (Å²) in [5.74, 6) is -1.46. The standard InChI is InChI=1S/C15H22O4S/c16-14(17)7-5-3-1-2-4-6-12-8-9-13(20-12)10-11-15(18)19/h8-9H,1-7,10-11H2,(H,16,17)(H,18,19). The molecule has 0 atom stereocenters. The minimum Gasteiger partial charge on any atom is -0.481 e. The summed E-state index contributed by atoms with van der Waals surface area (Å²) in [4.78, 5) is 23.3. The zero-order valence-electron chi connectivity index (χ0n) is 11.6. The molecule has 0 saturated carbocycles. The normalized spacial score (nSPS) is 10.6. The highest BCUT2D eigenvalue weighted by atomic mass is 32.1. The summed E-state index contributed by atoms with van der Waals surface area (Å²) >= 11 is 1.71. The highest BCUT2D eigenvalue weighted by Gasteiger charge is 2.03. The smallest absolute Gasteiger partial charge is 0.303 e. The van der Waals surface area contributed by atoms with E-state index in [0.717, 1.165) is 43.4 Å². The van der Waals surface area contributed by atoms with Crippen LogP contribution in [0.3, 0.4) is 0 Å². The Hall–Kier alpha value is -1.36. The van der Waals surface area contributed by atoms with Gasteiger partial charge in [0.15, 0.2) is 0 Å². The minimum absolute atomic E-state index is 0.198. The lowest BCUT2D eigenvalue weighted by Crippen LogP contribution is -1.95. The van der Waals surface area contributed by atoms with E-state index < -0.39 is 11.9 Å². The highest BCUT2D eigenvalue weighted by Crippen LogP contribution is 2.20. The Labute approximate surface area is 123 Å². The van der Waals surface area contributed by atoms with E-state index >= 15 is 0 Å². The molecule has 2 N–H and O–H groups in total. The van der Waals surface area contributed by atoms with Crippen LogP contribution < -0.4 is 0 Å². The van der Waals surface area contributed by atoms with Crippen LogP contribution in [0, 0.1) is 0 Å². The first-order valence-corrected chi connectivity index (χ1v) is 7.91. The molecule has 4 nitrogen and oxygen atoms in total. The number of aryl methyl sites for hydroxylation is 2. The molecule has 0 fully saturated rings. The van der Waals surface area contributed by atoms with Gasteiger partial charge in [-0.25, -0.2) is 0 Å². The zero-order valence-corrected chi connectivity index (χ0v) is 12.5. The van der Waals surface area contributed by atoms with Crippen LogP contribution in [0.5, 0.6) is 0 Å². The van der Waals surface area contributed by atoms with E-state index in [4.69, 9.17) is 10.2 Å². The van der Waals surface area contributed by atoms with Gasteiger partial charge in [0.1, 0.15) is 0 Å². The molecule has 0 aliphatic heterocycles. The molecular weight excluding hydrogens is 276 g/mol. The van der Waals surface area contributed by atoms with Gasteiger partial charge in [-0.3, -0.25) is 9.59 Å². The number of thiophene rings is 1. The summed E-state index contributed by atoms with van der Waals surface area (Å²) in [6.07, 6.45) is 7.22. The number of aliphatic carboxylic acids is 2. The molecule has 1 aromatic rings. The van der Waals surface area contributed by atoms with Crippen LogP contribution in [0.4, 0.5) is 0 Å². The second-order valence-electron chi connectivity index (χ2n) is 4.92. The first-order chi connectivity index (χ1) is 9.58. The Balaban J connectivity index is 2.07. The van der Waals surface area contributed by atoms with Crippen LogP contribution in [0.1, 0.15) is 54.7 Å². The van der Waals surface area contributed by atoms with Crippen LogP contribution in [-0.2, 0) is 22.4 Å². The molecule has 0 aliphatic carbocycles. The van der Waals surface area contributed by atoms with E-state index in [9.17, 15) is 9.59 Å². The van der Waals surface area contributed by atoms with Crippen molar-refractivity contribution in [3.8, 4) is 0 Å². The fraction of sp³-hybridized carbons (Fsp3) is 0.600. The largest absolute Gasteiger partial charge is 0.481 e. The highest BCUT2D eigenvalue weighted by molar-refractivity contribution is 7.11. The molecule has 112 valence electrons. The number of carbonyl (C=O) groups is 2. The summed E-state index contributed by atoms with van der Waals surface area (Å²) < 4.78 is 0. The van der Waals surface area contributed by atoms with Crippen molar-refractivity contribution in [3.05, 3.63) is 21.9 Å². The molecule has 0 aromatic carbocycles. The minimum atomic E-state index is -0.749. The maximum atomic E-state index is 10.5. The second kappa shape index (κ2) is 9.53. The quantitative estimate of drug-likeness (QED) is 0.610. The number of hydrogen-bond acceptors (Lipinski definition) is 3. The van der Waals surface area contributed by atoms with E-state index in [1.165, 1.54) is 4.88 Å². The topological polar surface area (TPSA) is 74.6 Å². The Bertz CT molecular complexity index is 425. The van der Waals surface area contributed by atoms with Crippen LogP contribution in [-0.4, -0.2) is 22.2 Å². The van der Waals surface area contributed by atoms with Crippen molar-refractivity contribution in [3.63, 3.8) is 0 Å². The molecule has 0 amide bonds. The maximum Gasteiger partial charge on any atom is 0.303 e. The zero-order chi connectivity index (χ0) is 14.8. The molecular formula is C15H22O4S. The van der Waals surface area contributed by atoms with Gasteiger partial charge in [-0.15, -0.1) is 11.3 Å². The fourth-order valence-corrected chi connectivity index (χ4v) is 3.09. The van der Waals surface area contributed by atoms with Gasteiger partial charge in [0.2, 0.25) is 0 Å². The summed E-state index contributed by atoms with van der Waals surface area (Å²) in [5, 5.41) is 17.1. The summed E-state index contributed by atoms with van der Waals surface area (Å²) in [6.45, 7) is 0. The number of unbranched alkanes of at least 4 members (excludes halogenated alkanes) is 4. The Morgan fingerprint density at radius 1 is 0.800 bits per heavy atom. The van der Waals surface area contributed by atoms with Crippen LogP contribution in [0.25, 0.3) is 0 Å². The Morgan fingerprint density at radius 3 is 2.00 bits per heavy atom. The maximum absolute atomic E-state index is 10.5. The van der Waals surface area contributed by atoms with Gasteiger partial charge in [0, 0.05) is 16.2 Å². The molecule has 1 rings (SSSR count). The van der Waals surface area contributed by atoms with Gasteiger partial charge in [0.05, 0.1) is 6.42 Å². The van der Waals surface area contributed by atoms with Gasteiger partial charge in [-0.2, -0.15) is 0 Å². The molecule has 0 bridgehead atoms. The van der Waals surface area contributed by atoms with Gasteiger partial charge in [-0.1, -0.05) is 19.3 Å². The summed E-state index contributed by atoms with van der Waals surface area (Å²) in [6, 6.07) is 4.11. The van der Waals surface area contributed by atoms with Crippen molar-refractivity contribution in [1.82, 2.24) is 0 Å². The molecule has 0 unspecified atom stereocenters. The van der Waals surface area contributed by atoms with E-state index in [2.05, 4.69) is 6.07 Å². The van der Waals surface area contributed by atoms with E-state index in [0.29, 0.717) is 6.42 Å². The number of hydrogen-bond donors (Lipinski definition) is 2. The first-order valence-electron chi connectivity index (χ1n) is 7.09. The van der Waals surface area contributed by atoms with Crippen LogP contribution >= 0.6 is 11.3 Å². The molecule has 0 radical (unpaired) electrons. The molecule has 0 saturated heterocycles. The van der Waals surface area contributed by atoms with Crippen LogP contribution in [0.2, 0.25) is 0 Å². The Kier molecular flexibility index (Phi) is 7.95.